The Kier molecular flexibility index (Phi) is 4.38. The van der Waals surface area contributed by atoms with Gasteiger partial charge < -0.3 is 5.11 Å². The molecule has 0 atom stereocenters. The molecule has 26 heavy (non-hydrogen) atoms. The maximum absolute atomic E-state index is 12.4. The molecule has 1 aromatic heterocycles. The van der Waals surface area contributed by atoms with Gasteiger partial charge in [0.2, 0.25) is 5.88 Å². The second-order valence-corrected chi connectivity index (χ2v) is 7.95. The van der Waals surface area contributed by atoms with Crippen LogP contribution >= 0.6 is 27.3 Å². The molecule has 0 saturated heterocycles. The van der Waals surface area contributed by atoms with Gasteiger partial charge in [-0.1, -0.05) is 57.6 Å². The highest BCUT2D eigenvalue weighted by atomic mass is 79.9. The minimum atomic E-state index is -0.182. The number of benzene rings is 2. The van der Waals surface area contributed by atoms with Crippen molar-refractivity contribution >= 4 is 50.3 Å². The molecule has 0 bridgehead atoms. The van der Waals surface area contributed by atoms with E-state index in [1.807, 2.05) is 61.5 Å². The zero-order valence-electron chi connectivity index (χ0n) is 13.9. The molecule has 0 unspecified atom stereocenters. The molecule has 3 aromatic rings. The largest absolute Gasteiger partial charge is 0.493 e. The molecule has 2 aromatic carbocycles. The number of aromatic nitrogens is 1. The first kappa shape index (κ1) is 17.0. The molecule has 1 aliphatic heterocycles. The molecule has 0 aliphatic carbocycles. The van der Waals surface area contributed by atoms with Gasteiger partial charge in [0.05, 0.1) is 17.1 Å². The third-order valence-electron chi connectivity index (χ3n) is 4.30. The van der Waals surface area contributed by atoms with Crippen LogP contribution in [-0.4, -0.2) is 15.4 Å². The van der Waals surface area contributed by atoms with Gasteiger partial charge in [-0.05, 0) is 36.8 Å². The quantitative estimate of drug-likeness (QED) is 0.635. The van der Waals surface area contributed by atoms with Crippen molar-refractivity contribution in [2.75, 3.05) is 0 Å². The predicted molar refractivity (Wildman–Crippen MR) is 111 cm³/mol. The summed E-state index contributed by atoms with van der Waals surface area (Å²) in [5.74, 6) is -0.00685. The van der Waals surface area contributed by atoms with Crippen molar-refractivity contribution in [3.8, 4) is 5.88 Å². The van der Waals surface area contributed by atoms with Gasteiger partial charge in [-0.2, -0.15) is 0 Å². The molecular weight excluding hydrogens is 412 g/mol. The highest BCUT2D eigenvalue weighted by molar-refractivity contribution is 9.10. The minimum absolute atomic E-state index is 0.00685. The van der Waals surface area contributed by atoms with Gasteiger partial charge in [0.15, 0.2) is 0 Å². The second-order valence-electron chi connectivity index (χ2n) is 6.04. The zero-order valence-corrected chi connectivity index (χ0v) is 16.3. The standard InChI is InChI=1S/C20H15BrN2O2S/c1-12-16(15-4-2-3-5-17(15)22-12)10-18-19(24)23(20(25)26-18)11-13-6-8-14(21)9-7-13/h2-10,24H,11H2,1H3. The molecule has 0 radical (unpaired) electrons. The molecule has 6 heteroatoms. The van der Waals surface area contributed by atoms with E-state index >= 15 is 0 Å². The number of halogens is 1. The number of para-hydroxylation sites is 1. The van der Waals surface area contributed by atoms with Crippen LogP contribution in [0.3, 0.4) is 0 Å². The van der Waals surface area contributed by atoms with Crippen LogP contribution in [0.1, 0.15) is 22.9 Å². The molecule has 130 valence electrons. The summed E-state index contributed by atoms with van der Waals surface area (Å²) < 4.78 is 2.37. The molecule has 2 heterocycles. The van der Waals surface area contributed by atoms with Crippen LogP contribution in [0.2, 0.25) is 0 Å². The van der Waals surface area contributed by atoms with E-state index in [2.05, 4.69) is 20.9 Å². The number of allylic oxidation sites excluding steroid dienone is 1. The molecular formula is C20H15BrN2O2S. The summed E-state index contributed by atoms with van der Waals surface area (Å²) in [7, 11) is 0. The lowest BCUT2D eigenvalue weighted by Crippen LogP contribution is -2.13. The number of fused-ring (bicyclic) bond motifs is 1. The van der Waals surface area contributed by atoms with E-state index in [9.17, 15) is 9.90 Å². The predicted octanol–water partition coefficient (Wildman–Crippen LogP) is 5.07. The number of aromatic hydroxyl groups is 1. The van der Waals surface area contributed by atoms with Crippen molar-refractivity contribution in [2.24, 2.45) is 4.99 Å². The Bertz CT molecular complexity index is 1110. The van der Waals surface area contributed by atoms with Gasteiger partial charge in [0.25, 0.3) is 0 Å². The number of thiazole rings is 1. The Balaban J connectivity index is 1.72. The third kappa shape index (κ3) is 3.06. The fraction of sp³-hybridized carbons (Fsp3) is 0.100. The smallest absolute Gasteiger partial charge is 0.310 e. The maximum atomic E-state index is 12.4. The van der Waals surface area contributed by atoms with Crippen LogP contribution in [0.25, 0.3) is 11.6 Å². The lowest BCUT2D eigenvalue weighted by Gasteiger charge is -2.05. The monoisotopic (exact) mass is 426 g/mol. The van der Waals surface area contributed by atoms with Gasteiger partial charge in [0.1, 0.15) is 0 Å². The molecule has 1 aliphatic rings. The van der Waals surface area contributed by atoms with E-state index in [0.29, 0.717) is 11.4 Å². The van der Waals surface area contributed by atoms with Crippen molar-refractivity contribution in [1.29, 1.82) is 0 Å². The SMILES string of the molecule is CC1=Nc2ccccc2C1=Cc1sc(=O)n(Cc2ccc(Br)cc2)c1O. The Morgan fingerprint density at radius 2 is 1.92 bits per heavy atom. The van der Waals surface area contributed by atoms with Crippen molar-refractivity contribution in [1.82, 2.24) is 4.57 Å². The van der Waals surface area contributed by atoms with Gasteiger partial charge in [-0.3, -0.25) is 14.4 Å². The summed E-state index contributed by atoms with van der Waals surface area (Å²) in [5, 5.41) is 10.6. The van der Waals surface area contributed by atoms with E-state index < -0.39 is 0 Å². The summed E-state index contributed by atoms with van der Waals surface area (Å²) in [6.45, 7) is 2.27. The van der Waals surface area contributed by atoms with E-state index in [-0.39, 0.29) is 10.8 Å². The molecule has 4 rings (SSSR count). The van der Waals surface area contributed by atoms with E-state index in [4.69, 9.17) is 0 Å². The summed E-state index contributed by atoms with van der Waals surface area (Å²) in [5.41, 5.74) is 4.70. The summed E-state index contributed by atoms with van der Waals surface area (Å²) in [6.07, 6.45) is 1.85. The van der Waals surface area contributed by atoms with Crippen LogP contribution in [0.5, 0.6) is 5.88 Å². The van der Waals surface area contributed by atoms with Gasteiger partial charge in [-0.25, -0.2) is 0 Å². The van der Waals surface area contributed by atoms with Crippen LogP contribution in [0, 0.1) is 0 Å². The number of rotatable bonds is 3. The highest BCUT2D eigenvalue weighted by Gasteiger charge is 2.20. The number of aliphatic imine (C=N–C) groups is 1. The van der Waals surface area contributed by atoms with E-state index in [0.717, 1.165) is 43.9 Å². The Labute approximate surface area is 162 Å². The lowest BCUT2D eigenvalue weighted by atomic mass is 10.0. The lowest BCUT2D eigenvalue weighted by molar-refractivity contribution is 0.420. The topological polar surface area (TPSA) is 54.6 Å². The Morgan fingerprint density at radius 1 is 1.19 bits per heavy atom. The van der Waals surface area contributed by atoms with E-state index in [1.165, 1.54) is 4.57 Å². The van der Waals surface area contributed by atoms with Crippen molar-refractivity contribution in [2.45, 2.75) is 13.5 Å². The zero-order chi connectivity index (χ0) is 18.3. The first-order valence-electron chi connectivity index (χ1n) is 8.07. The van der Waals surface area contributed by atoms with Crippen LogP contribution in [-0.2, 0) is 6.54 Å². The minimum Gasteiger partial charge on any atom is -0.493 e. The normalized spacial score (nSPS) is 14.5. The first-order valence-corrected chi connectivity index (χ1v) is 9.67. The highest BCUT2D eigenvalue weighted by Crippen LogP contribution is 2.37. The number of nitrogens with zero attached hydrogens (tertiary/aromatic N) is 2. The molecule has 0 amide bonds. The van der Waals surface area contributed by atoms with Crippen LogP contribution in [0.15, 0.2) is 62.8 Å². The van der Waals surface area contributed by atoms with Crippen molar-refractivity contribution in [3.05, 3.63) is 78.7 Å². The molecule has 0 fully saturated rings. The third-order valence-corrected chi connectivity index (χ3v) is 5.74. The number of hydrogen-bond acceptors (Lipinski definition) is 4. The molecule has 0 spiro atoms. The fourth-order valence-corrected chi connectivity index (χ4v) is 4.06. The molecule has 4 nitrogen and oxygen atoms in total. The Morgan fingerprint density at radius 3 is 2.69 bits per heavy atom. The maximum Gasteiger partial charge on any atom is 0.310 e. The first-order chi connectivity index (χ1) is 12.5. The second kappa shape index (κ2) is 6.70. The molecule has 0 saturated carbocycles. The average Bonchev–Trinajstić information content (AvgIpc) is 3.08. The average molecular weight is 427 g/mol. The van der Waals surface area contributed by atoms with Gasteiger partial charge in [0, 0.05) is 21.3 Å². The van der Waals surface area contributed by atoms with Crippen LogP contribution < -0.4 is 4.87 Å². The van der Waals surface area contributed by atoms with Crippen molar-refractivity contribution < 1.29 is 5.11 Å². The Hall–Kier alpha value is -2.44. The molecule has 1 N–H and O–H groups in total. The van der Waals surface area contributed by atoms with Gasteiger partial charge >= 0.3 is 4.87 Å². The number of hydrogen-bond donors (Lipinski definition) is 1. The summed E-state index contributed by atoms with van der Waals surface area (Å²) in [4.78, 5) is 17.3. The fourth-order valence-electron chi connectivity index (χ4n) is 2.97. The van der Waals surface area contributed by atoms with E-state index in [1.54, 1.807) is 0 Å². The summed E-state index contributed by atoms with van der Waals surface area (Å²) >= 11 is 4.44. The van der Waals surface area contributed by atoms with Gasteiger partial charge in [-0.15, -0.1) is 0 Å². The van der Waals surface area contributed by atoms with Crippen LogP contribution in [0.4, 0.5) is 5.69 Å². The summed E-state index contributed by atoms with van der Waals surface area (Å²) in [6, 6.07) is 15.6. The van der Waals surface area contributed by atoms with Crippen molar-refractivity contribution in [3.63, 3.8) is 0 Å².